The summed E-state index contributed by atoms with van der Waals surface area (Å²) in [4.78, 5) is 26.9. The van der Waals surface area contributed by atoms with Crippen LogP contribution in [0.15, 0.2) is 36.5 Å². The normalized spacial score (nSPS) is 10.2. The molecule has 0 spiro atoms. The third-order valence-electron chi connectivity index (χ3n) is 2.43. The Morgan fingerprint density at radius 1 is 1.20 bits per heavy atom. The van der Waals surface area contributed by atoms with E-state index < -0.39 is 17.0 Å². The maximum absolute atomic E-state index is 13.6. The molecule has 0 saturated heterocycles. The van der Waals surface area contributed by atoms with Gasteiger partial charge in [-0.1, -0.05) is 11.6 Å². The summed E-state index contributed by atoms with van der Waals surface area (Å²) in [6.45, 7) is 0. The highest BCUT2D eigenvalue weighted by atomic mass is 35.5. The molecule has 20 heavy (non-hydrogen) atoms. The average Bonchev–Trinajstić information content (AvgIpc) is 2.38. The fraction of sp³-hybridized carbons (Fsp3) is 0. The van der Waals surface area contributed by atoms with Crippen molar-refractivity contribution in [2.45, 2.75) is 0 Å². The fourth-order valence-corrected chi connectivity index (χ4v) is 1.82. The predicted molar refractivity (Wildman–Crippen MR) is 73.8 cm³/mol. The van der Waals surface area contributed by atoms with Crippen molar-refractivity contribution in [2.75, 3.05) is 5.32 Å². The van der Waals surface area contributed by atoms with Crippen molar-refractivity contribution >= 4 is 40.2 Å². The van der Waals surface area contributed by atoms with Crippen LogP contribution >= 0.6 is 23.2 Å². The Morgan fingerprint density at radius 3 is 2.60 bits per heavy atom. The van der Waals surface area contributed by atoms with E-state index in [1.165, 1.54) is 30.5 Å². The minimum atomic E-state index is -0.773. The van der Waals surface area contributed by atoms with Crippen molar-refractivity contribution in [1.82, 2.24) is 4.98 Å². The number of benzene rings is 1. The van der Waals surface area contributed by atoms with Gasteiger partial charge in [-0.05, 0) is 41.9 Å². The quantitative estimate of drug-likeness (QED) is 0.882. The number of carbonyl (C=O) groups is 2. The van der Waals surface area contributed by atoms with Crippen molar-refractivity contribution < 1.29 is 14.0 Å². The SMILES string of the molecule is O=C(Nc1ncccc1C(=O)Cl)c1ccc(Cl)cc1F. The lowest BCUT2D eigenvalue weighted by Gasteiger charge is -2.08. The molecule has 0 unspecified atom stereocenters. The van der Waals surface area contributed by atoms with Gasteiger partial charge in [0.25, 0.3) is 11.1 Å². The minimum Gasteiger partial charge on any atom is -0.306 e. The van der Waals surface area contributed by atoms with Gasteiger partial charge in [-0.3, -0.25) is 9.59 Å². The summed E-state index contributed by atoms with van der Waals surface area (Å²) >= 11 is 11.0. The van der Waals surface area contributed by atoms with E-state index in [2.05, 4.69) is 10.3 Å². The van der Waals surface area contributed by atoms with Crippen molar-refractivity contribution in [1.29, 1.82) is 0 Å². The molecule has 0 aliphatic carbocycles. The largest absolute Gasteiger partial charge is 0.306 e. The van der Waals surface area contributed by atoms with Gasteiger partial charge in [0.1, 0.15) is 11.6 Å². The number of anilines is 1. The number of aromatic nitrogens is 1. The molecular formula is C13H7Cl2FN2O2. The lowest BCUT2D eigenvalue weighted by molar-refractivity contribution is 0.102. The standard InChI is InChI=1S/C13H7Cl2FN2O2/c14-7-3-4-8(10(16)6-7)13(20)18-12-9(11(15)19)2-1-5-17-12/h1-6H,(H,17,18,20). The van der Waals surface area contributed by atoms with Gasteiger partial charge >= 0.3 is 0 Å². The number of pyridine rings is 1. The van der Waals surface area contributed by atoms with Crippen molar-refractivity contribution in [3.8, 4) is 0 Å². The molecule has 1 amide bonds. The summed E-state index contributed by atoms with van der Waals surface area (Å²) in [5, 5.41) is 1.73. The molecule has 2 aromatic rings. The van der Waals surface area contributed by atoms with Gasteiger partial charge in [-0.25, -0.2) is 9.37 Å². The number of hydrogen-bond acceptors (Lipinski definition) is 3. The van der Waals surface area contributed by atoms with Gasteiger partial charge in [-0.15, -0.1) is 0 Å². The molecule has 0 aliphatic heterocycles. The molecule has 1 N–H and O–H groups in total. The lowest BCUT2D eigenvalue weighted by atomic mass is 10.2. The van der Waals surface area contributed by atoms with E-state index in [1.54, 1.807) is 0 Å². The van der Waals surface area contributed by atoms with E-state index >= 15 is 0 Å². The topological polar surface area (TPSA) is 59.1 Å². The number of carbonyl (C=O) groups excluding carboxylic acids is 2. The van der Waals surface area contributed by atoms with Crippen LogP contribution in [-0.2, 0) is 0 Å². The number of nitrogens with zero attached hydrogens (tertiary/aromatic N) is 1. The molecule has 0 aliphatic rings. The summed E-state index contributed by atoms with van der Waals surface area (Å²) in [5.74, 6) is -1.56. The smallest absolute Gasteiger partial charge is 0.259 e. The van der Waals surface area contributed by atoms with Gasteiger partial charge in [0.15, 0.2) is 0 Å². The Kier molecular flexibility index (Phi) is 4.32. The maximum atomic E-state index is 13.6. The summed E-state index contributed by atoms with van der Waals surface area (Å²) in [6, 6.07) is 6.52. The zero-order chi connectivity index (χ0) is 14.7. The van der Waals surface area contributed by atoms with Crippen LogP contribution in [0.2, 0.25) is 5.02 Å². The Labute approximate surface area is 123 Å². The van der Waals surface area contributed by atoms with Crippen LogP contribution in [0.25, 0.3) is 0 Å². The second kappa shape index (κ2) is 5.98. The summed E-state index contributed by atoms with van der Waals surface area (Å²) in [6.07, 6.45) is 1.37. The maximum Gasteiger partial charge on any atom is 0.259 e. The van der Waals surface area contributed by atoms with E-state index in [0.717, 1.165) is 6.07 Å². The fourth-order valence-electron chi connectivity index (χ4n) is 1.51. The Bertz CT molecular complexity index is 692. The van der Waals surface area contributed by atoms with Crippen LogP contribution in [0.3, 0.4) is 0 Å². The lowest BCUT2D eigenvalue weighted by Crippen LogP contribution is -2.16. The molecule has 0 fully saturated rings. The molecular weight excluding hydrogens is 306 g/mol. The van der Waals surface area contributed by atoms with Crippen LogP contribution in [0, 0.1) is 5.82 Å². The third kappa shape index (κ3) is 3.12. The van der Waals surface area contributed by atoms with Crippen LogP contribution in [0.1, 0.15) is 20.7 Å². The first-order valence-corrected chi connectivity index (χ1v) is 6.16. The van der Waals surface area contributed by atoms with Crippen LogP contribution in [0.4, 0.5) is 10.2 Å². The molecule has 2 rings (SSSR count). The van der Waals surface area contributed by atoms with Crippen molar-refractivity contribution in [2.24, 2.45) is 0 Å². The Morgan fingerprint density at radius 2 is 1.95 bits per heavy atom. The average molecular weight is 313 g/mol. The van der Waals surface area contributed by atoms with E-state index in [-0.39, 0.29) is 22.0 Å². The van der Waals surface area contributed by atoms with Crippen LogP contribution in [0.5, 0.6) is 0 Å². The second-order valence-electron chi connectivity index (χ2n) is 3.75. The number of hydrogen-bond donors (Lipinski definition) is 1. The van der Waals surface area contributed by atoms with Gasteiger partial charge in [0.05, 0.1) is 11.1 Å². The number of nitrogens with one attached hydrogen (secondary N) is 1. The van der Waals surface area contributed by atoms with Crippen LogP contribution in [-0.4, -0.2) is 16.1 Å². The molecule has 7 heteroatoms. The molecule has 1 heterocycles. The highest BCUT2D eigenvalue weighted by Crippen LogP contribution is 2.18. The molecule has 1 aromatic heterocycles. The minimum absolute atomic E-state index is 0.0249. The molecule has 0 bridgehead atoms. The first-order valence-electron chi connectivity index (χ1n) is 5.40. The molecule has 0 saturated carbocycles. The number of halogens is 3. The molecule has 0 radical (unpaired) electrons. The van der Waals surface area contributed by atoms with Gasteiger partial charge in [-0.2, -0.15) is 0 Å². The van der Waals surface area contributed by atoms with Gasteiger partial charge < -0.3 is 5.32 Å². The second-order valence-corrected chi connectivity index (χ2v) is 4.53. The zero-order valence-corrected chi connectivity index (χ0v) is 11.4. The monoisotopic (exact) mass is 312 g/mol. The Balaban J connectivity index is 2.30. The third-order valence-corrected chi connectivity index (χ3v) is 2.87. The highest BCUT2D eigenvalue weighted by Gasteiger charge is 2.16. The number of rotatable bonds is 3. The van der Waals surface area contributed by atoms with E-state index in [1.807, 2.05) is 0 Å². The van der Waals surface area contributed by atoms with Crippen LogP contribution < -0.4 is 5.32 Å². The first-order chi connectivity index (χ1) is 9.49. The summed E-state index contributed by atoms with van der Waals surface area (Å²) < 4.78 is 13.6. The van der Waals surface area contributed by atoms with Gasteiger partial charge in [0.2, 0.25) is 0 Å². The zero-order valence-electron chi connectivity index (χ0n) is 9.86. The predicted octanol–water partition coefficient (Wildman–Crippen LogP) is 3.51. The highest BCUT2D eigenvalue weighted by molar-refractivity contribution is 6.68. The van der Waals surface area contributed by atoms with E-state index in [0.29, 0.717) is 0 Å². The Hall–Kier alpha value is -1.98. The summed E-state index contributed by atoms with van der Waals surface area (Å²) in [5.41, 5.74) is -0.190. The molecule has 0 atom stereocenters. The van der Waals surface area contributed by atoms with E-state index in [4.69, 9.17) is 23.2 Å². The molecule has 102 valence electrons. The first kappa shape index (κ1) is 14.4. The van der Waals surface area contributed by atoms with Gasteiger partial charge in [0, 0.05) is 11.2 Å². The van der Waals surface area contributed by atoms with E-state index in [9.17, 15) is 14.0 Å². The number of amides is 1. The molecule has 4 nitrogen and oxygen atoms in total. The molecule has 1 aromatic carbocycles. The van der Waals surface area contributed by atoms with Crippen molar-refractivity contribution in [3.05, 3.63) is 58.5 Å². The van der Waals surface area contributed by atoms with Crippen molar-refractivity contribution in [3.63, 3.8) is 0 Å². The summed E-state index contributed by atoms with van der Waals surface area (Å²) in [7, 11) is 0.